The number of nitrogens with one attached hydrogen (secondary N) is 1. The fourth-order valence-electron chi connectivity index (χ4n) is 2.77. The Morgan fingerprint density at radius 1 is 1.14 bits per heavy atom. The summed E-state index contributed by atoms with van der Waals surface area (Å²) < 4.78 is 0. The molecule has 1 atom stereocenters. The standard InChI is InChI=1S/C17H18N2O2/c1-2-12-10-16(20)19(17(21)18-11-12)15-9-5-7-13-6-3-4-8-14(13)15/h3-9,12H,2,10-11H2,1H3,(H,18,21). The number of benzene rings is 2. The topological polar surface area (TPSA) is 49.4 Å². The average molecular weight is 282 g/mol. The molecule has 0 aromatic heterocycles. The van der Waals surface area contributed by atoms with Gasteiger partial charge >= 0.3 is 6.03 Å². The summed E-state index contributed by atoms with van der Waals surface area (Å²) in [5.74, 6) is 0.0784. The number of carbonyl (C=O) groups excluding carboxylic acids is 2. The van der Waals surface area contributed by atoms with Crippen molar-refractivity contribution in [2.24, 2.45) is 5.92 Å². The second kappa shape index (κ2) is 5.56. The molecule has 1 fully saturated rings. The third-order valence-electron chi connectivity index (χ3n) is 4.04. The van der Waals surface area contributed by atoms with Gasteiger partial charge in [-0.15, -0.1) is 0 Å². The number of rotatable bonds is 2. The van der Waals surface area contributed by atoms with Crippen LogP contribution >= 0.6 is 0 Å². The van der Waals surface area contributed by atoms with Gasteiger partial charge in [0.2, 0.25) is 5.91 Å². The summed E-state index contributed by atoms with van der Waals surface area (Å²) in [5, 5.41) is 4.79. The van der Waals surface area contributed by atoms with Gasteiger partial charge < -0.3 is 5.32 Å². The maximum Gasteiger partial charge on any atom is 0.328 e. The number of nitrogens with zero attached hydrogens (tertiary/aromatic N) is 1. The predicted octanol–water partition coefficient (Wildman–Crippen LogP) is 3.31. The summed E-state index contributed by atoms with van der Waals surface area (Å²) in [4.78, 5) is 26.1. The van der Waals surface area contributed by atoms with Gasteiger partial charge in [0, 0.05) is 18.4 Å². The van der Waals surface area contributed by atoms with E-state index in [0.717, 1.165) is 17.2 Å². The van der Waals surface area contributed by atoms with Crippen LogP contribution in [0.3, 0.4) is 0 Å². The van der Waals surface area contributed by atoms with E-state index in [9.17, 15) is 9.59 Å². The van der Waals surface area contributed by atoms with E-state index in [2.05, 4.69) is 5.32 Å². The number of hydrogen-bond donors (Lipinski definition) is 1. The SMILES string of the molecule is CCC1CNC(=O)N(c2cccc3ccccc23)C(=O)C1. The summed E-state index contributed by atoms with van der Waals surface area (Å²) in [6.45, 7) is 2.60. The minimum absolute atomic E-state index is 0.131. The van der Waals surface area contributed by atoms with Crippen LogP contribution in [0.4, 0.5) is 10.5 Å². The minimum Gasteiger partial charge on any atom is -0.337 e. The molecule has 4 nitrogen and oxygen atoms in total. The molecule has 0 bridgehead atoms. The van der Waals surface area contributed by atoms with Crippen molar-refractivity contribution >= 4 is 28.4 Å². The lowest BCUT2D eigenvalue weighted by Crippen LogP contribution is -2.41. The normalized spacial score (nSPS) is 19.5. The first-order valence-corrected chi connectivity index (χ1v) is 7.29. The minimum atomic E-state index is -0.327. The number of imide groups is 1. The molecule has 1 N–H and O–H groups in total. The van der Waals surface area contributed by atoms with Gasteiger partial charge in [0.1, 0.15) is 0 Å². The van der Waals surface area contributed by atoms with Gasteiger partial charge in [-0.05, 0) is 17.4 Å². The van der Waals surface area contributed by atoms with Gasteiger partial charge in [0.15, 0.2) is 0 Å². The Labute approximate surface area is 123 Å². The lowest BCUT2D eigenvalue weighted by atomic mass is 10.0. The molecule has 3 rings (SSSR count). The maximum atomic E-state index is 12.5. The fourth-order valence-corrected chi connectivity index (χ4v) is 2.77. The van der Waals surface area contributed by atoms with Crippen molar-refractivity contribution in [3.8, 4) is 0 Å². The van der Waals surface area contributed by atoms with Crippen molar-refractivity contribution in [2.75, 3.05) is 11.4 Å². The molecule has 3 amide bonds. The molecule has 21 heavy (non-hydrogen) atoms. The van der Waals surface area contributed by atoms with E-state index in [1.54, 1.807) is 0 Å². The molecule has 1 saturated heterocycles. The molecular formula is C17H18N2O2. The van der Waals surface area contributed by atoms with E-state index in [4.69, 9.17) is 0 Å². The monoisotopic (exact) mass is 282 g/mol. The van der Waals surface area contributed by atoms with E-state index in [1.807, 2.05) is 49.4 Å². The summed E-state index contributed by atoms with van der Waals surface area (Å²) in [7, 11) is 0. The van der Waals surface area contributed by atoms with Crippen molar-refractivity contribution in [1.82, 2.24) is 5.32 Å². The second-order valence-electron chi connectivity index (χ2n) is 5.39. The first-order chi connectivity index (χ1) is 10.2. The third-order valence-corrected chi connectivity index (χ3v) is 4.04. The van der Waals surface area contributed by atoms with Crippen LogP contribution in [0.1, 0.15) is 19.8 Å². The van der Waals surface area contributed by atoms with Gasteiger partial charge in [-0.25, -0.2) is 9.69 Å². The zero-order chi connectivity index (χ0) is 14.8. The number of amides is 3. The van der Waals surface area contributed by atoms with Crippen molar-refractivity contribution in [3.63, 3.8) is 0 Å². The molecule has 0 radical (unpaired) electrons. The van der Waals surface area contributed by atoms with Crippen LogP contribution in [-0.2, 0) is 4.79 Å². The van der Waals surface area contributed by atoms with Crippen LogP contribution < -0.4 is 10.2 Å². The molecular weight excluding hydrogens is 264 g/mol. The Balaban J connectivity index is 2.08. The van der Waals surface area contributed by atoms with Gasteiger partial charge in [-0.1, -0.05) is 49.7 Å². The van der Waals surface area contributed by atoms with Crippen LogP contribution in [0.2, 0.25) is 0 Å². The Morgan fingerprint density at radius 2 is 1.90 bits per heavy atom. The first-order valence-electron chi connectivity index (χ1n) is 7.29. The van der Waals surface area contributed by atoms with Crippen LogP contribution in [0.25, 0.3) is 10.8 Å². The molecule has 4 heteroatoms. The maximum absolute atomic E-state index is 12.5. The Morgan fingerprint density at radius 3 is 2.71 bits per heavy atom. The lowest BCUT2D eigenvalue weighted by Gasteiger charge is -2.20. The smallest absolute Gasteiger partial charge is 0.328 e. The summed E-state index contributed by atoms with van der Waals surface area (Å²) >= 11 is 0. The van der Waals surface area contributed by atoms with Crippen molar-refractivity contribution in [2.45, 2.75) is 19.8 Å². The number of hydrogen-bond acceptors (Lipinski definition) is 2. The quantitative estimate of drug-likeness (QED) is 0.918. The van der Waals surface area contributed by atoms with Crippen molar-refractivity contribution in [1.29, 1.82) is 0 Å². The third kappa shape index (κ3) is 2.49. The molecule has 0 aliphatic carbocycles. The Kier molecular flexibility index (Phi) is 3.60. The van der Waals surface area contributed by atoms with Crippen LogP contribution in [-0.4, -0.2) is 18.5 Å². The highest BCUT2D eigenvalue weighted by atomic mass is 16.2. The van der Waals surface area contributed by atoms with E-state index in [-0.39, 0.29) is 17.9 Å². The highest BCUT2D eigenvalue weighted by Crippen LogP contribution is 2.29. The fraction of sp³-hybridized carbons (Fsp3) is 0.294. The molecule has 1 aliphatic rings. The molecule has 2 aromatic rings. The van der Waals surface area contributed by atoms with E-state index < -0.39 is 0 Å². The van der Waals surface area contributed by atoms with Crippen molar-refractivity contribution in [3.05, 3.63) is 42.5 Å². The zero-order valence-corrected chi connectivity index (χ0v) is 12.0. The molecule has 1 unspecified atom stereocenters. The van der Waals surface area contributed by atoms with Crippen LogP contribution in [0.15, 0.2) is 42.5 Å². The first kappa shape index (κ1) is 13.6. The Hall–Kier alpha value is -2.36. The van der Waals surface area contributed by atoms with Gasteiger partial charge in [-0.2, -0.15) is 0 Å². The second-order valence-corrected chi connectivity index (χ2v) is 5.39. The highest BCUT2D eigenvalue weighted by Gasteiger charge is 2.30. The molecule has 0 spiro atoms. The lowest BCUT2D eigenvalue weighted by molar-refractivity contribution is -0.118. The van der Waals surface area contributed by atoms with Gasteiger partial charge in [0.25, 0.3) is 0 Å². The highest BCUT2D eigenvalue weighted by molar-refractivity contribution is 6.18. The molecule has 108 valence electrons. The van der Waals surface area contributed by atoms with E-state index >= 15 is 0 Å². The van der Waals surface area contributed by atoms with Gasteiger partial charge in [0.05, 0.1) is 5.69 Å². The molecule has 1 heterocycles. The van der Waals surface area contributed by atoms with Crippen LogP contribution in [0, 0.1) is 5.92 Å². The summed E-state index contributed by atoms with van der Waals surface area (Å²) in [5.41, 5.74) is 0.660. The average Bonchev–Trinajstić information content (AvgIpc) is 2.65. The van der Waals surface area contributed by atoms with Crippen LogP contribution in [0.5, 0.6) is 0 Å². The predicted molar refractivity (Wildman–Crippen MR) is 83.2 cm³/mol. The van der Waals surface area contributed by atoms with Gasteiger partial charge in [-0.3, -0.25) is 4.79 Å². The van der Waals surface area contributed by atoms with E-state index in [1.165, 1.54) is 4.90 Å². The van der Waals surface area contributed by atoms with E-state index in [0.29, 0.717) is 18.7 Å². The summed E-state index contributed by atoms with van der Waals surface area (Å²) in [6, 6.07) is 13.1. The molecule has 1 aliphatic heterocycles. The largest absolute Gasteiger partial charge is 0.337 e. The zero-order valence-electron chi connectivity index (χ0n) is 12.0. The number of urea groups is 1. The Bertz CT molecular complexity index is 691. The summed E-state index contributed by atoms with van der Waals surface area (Å²) in [6.07, 6.45) is 1.29. The van der Waals surface area contributed by atoms with Crippen molar-refractivity contribution < 1.29 is 9.59 Å². The number of anilines is 1. The molecule has 2 aromatic carbocycles. The number of fused-ring (bicyclic) bond motifs is 1. The number of carbonyl (C=O) groups is 2. The molecule has 0 saturated carbocycles.